The van der Waals surface area contributed by atoms with Crippen LogP contribution in [-0.2, 0) is 4.74 Å². The second-order valence-electron chi connectivity index (χ2n) is 8.20. The summed E-state index contributed by atoms with van der Waals surface area (Å²) < 4.78 is 5.78. The first kappa shape index (κ1) is 14.3. The minimum Gasteiger partial charge on any atom is -0.375 e. The monoisotopic (exact) mass is 254 g/mol. The van der Waals surface area contributed by atoms with Crippen LogP contribution in [0, 0.1) is 5.41 Å². The molecule has 3 nitrogen and oxygen atoms in total. The van der Waals surface area contributed by atoms with E-state index < -0.39 is 0 Å². The van der Waals surface area contributed by atoms with Gasteiger partial charge in [-0.2, -0.15) is 0 Å². The first-order chi connectivity index (χ1) is 8.10. The number of hydrogen-bond acceptors (Lipinski definition) is 3. The lowest BCUT2D eigenvalue weighted by Crippen LogP contribution is -2.74. The highest BCUT2D eigenvalue weighted by atomic mass is 16.5. The molecule has 106 valence electrons. The van der Waals surface area contributed by atoms with Gasteiger partial charge >= 0.3 is 0 Å². The zero-order valence-electron chi connectivity index (χ0n) is 13.0. The van der Waals surface area contributed by atoms with Crippen molar-refractivity contribution in [1.29, 1.82) is 0 Å². The van der Waals surface area contributed by atoms with Gasteiger partial charge in [-0.25, -0.2) is 0 Å². The van der Waals surface area contributed by atoms with Crippen molar-refractivity contribution in [2.45, 2.75) is 52.7 Å². The molecular weight excluding hydrogens is 224 g/mol. The van der Waals surface area contributed by atoms with Crippen molar-refractivity contribution >= 4 is 0 Å². The van der Waals surface area contributed by atoms with Crippen molar-refractivity contribution < 1.29 is 4.74 Å². The smallest absolute Gasteiger partial charge is 0.0600 e. The van der Waals surface area contributed by atoms with Crippen molar-refractivity contribution in [1.82, 2.24) is 9.80 Å². The molecular formula is C15H30N2O. The molecule has 2 aliphatic heterocycles. The Bertz CT molecular complexity index is 287. The molecule has 0 aromatic heterocycles. The van der Waals surface area contributed by atoms with Crippen molar-refractivity contribution in [3.63, 3.8) is 0 Å². The van der Waals surface area contributed by atoms with Crippen LogP contribution in [0.25, 0.3) is 0 Å². The average Bonchev–Trinajstić information content (AvgIpc) is 2.00. The third-order valence-corrected chi connectivity index (χ3v) is 4.06. The van der Waals surface area contributed by atoms with Crippen molar-refractivity contribution in [2.75, 3.05) is 39.3 Å². The predicted octanol–water partition coefficient (Wildman–Crippen LogP) is 2.22. The van der Waals surface area contributed by atoms with Gasteiger partial charge in [-0.3, -0.25) is 9.80 Å². The van der Waals surface area contributed by atoms with Gasteiger partial charge in [0.05, 0.1) is 12.2 Å². The van der Waals surface area contributed by atoms with Gasteiger partial charge in [0.15, 0.2) is 0 Å². The van der Waals surface area contributed by atoms with E-state index in [0.29, 0.717) is 11.0 Å². The maximum Gasteiger partial charge on any atom is 0.0600 e. The van der Waals surface area contributed by atoms with Gasteiger partial charge in [-0.1, -0.05) is 0 Å². The third kappa shape index (κ3) is 3.25. The molecule has 3 heteroatoms. The van der Waals surface area contributed by atoms with Gasteiger partial charge in [0.25, 0.3) is 0 Å². The molecule has 0 amide bonds. The van der Waals surface area contributed by atoms with E-state index in [1.807, 2.05) is 0 Å². The molecule has 2 saturated heterocycles. The van der Waals surface area contributed by atoms with Crippen LogP contribution in [0.4, 0.5) is 0 Å². The number of likely N-dealkylation sites (tertiary alicyclic amines) is 2. The highest BCUT2D eigenvalue weighted by molar-refractivity contribution is 5.07. The van der Waals surface area contributed by atoms with Crippen LogP contribution >= 0.6 is 0 Å². The van der Waals surface area contributed by atoms with Crippen LogP contribution in [0.15, 0.2) is 0 Å². The van der Waals surface area contributed by atoms with Crippen LogP contribution in [0.3, 0.4) is 0 Å². The molecule has 0 bridgehead atoms. The van der Waals surface area contributed by atoms with E-state index in [4.69, 9.17) is 4.74 Å². The Kier molecular flexibility index (Phi) is 3.54. The summed E-state index contributed by atoms with van der Waals surface area (Å²) in [5, 5.41) is 0. The molecule has 2 rings (SSSR count). The minimum absolute atomic E-state index is 0.00204. The third-order valence-electron chi connectivity index (χ3n) is 4.06. The quantitative estimate of drug-likeness (QED) is 0.768. The van der Waals surface area contributed by atoms with Crippen molar-refractivity contribution in [2.24, 2.45) is 5.41 Å². The molecule has 0 saturated carbocycles. The summed E-state index contributed by atoms with van der Waals surface area (Å²) in [6, 6.07) is 0. The van der Waals surface area contributed by atoms with E-state index >= 15 is 0 Å². The van der Waals surface area contributed by atoms with E-state index in [2.05, 4.69) is 51.3 Å². The van der Waals surface area contributed by atoms with E-state index in [9.17, 15) is 0 Å². The van der Waals surface area contributed by atoms with E-state index in [1.54, 1.807) is 0 Å². The normalized spacial score (nSPS) is 25.0. The molecule has 2 heterocycles. The molecule has 0 aromatic carbocycles. The fourth-order valence-corrected chi connectivity index (χ4v) is 2.98. The first-order valence-corrected chi connectivity index (χ1v) is 7.21. The maximum absolute atomic E-state index is 5.78. The Hall–Kier alpha value is -0.120. The Morgan fingerprint density at radius 1 is 0.944 bits per heavy atom. The van der Waals surface area contributed by atoms with Crippen LogP contribution in [0.5, 0.6) is 0 Å². The van der Waals surface area contributed by atoms with Gasteiger partial charge in [-0.05, 0) is 41.5 Å². The highest BCUT2D eigenvalue weighted by Crippen LogP contribution is 2.42. The topological polar surface area (TPSA) is 15.7 Å². The van der Waals surface area contributed by atoms with Gasteiger partial charge in [0.2, 0.25) is 0 Å². The number of ether oxygens (including phenoxy) is 1. The second kappa shape index (κ2) is 4.46. The minimum atomic E-state index is 0.00204. The molecule has 0 atom stereocenters. The summed E-state index contributed by atoms with van der Waals surface area (Å²) in [5.74, 6) is 0. The van der Waals surface area contributed by atoms with Crippen molar-refractivity contribution in [3.8, 4) is 0 Å². The summed E-state index contributed by atoms with van der Waals surface area (Å²) in [6.45, 7) is 20.4. The number of rotatable bonds is 3. The average molecular weight is 254 g/mol. The fraction of sp³-hybridized carbons (Fsp3) is 1.00. The molecule has 18 heavy (non-hydrogen) atoms. The lowest BCUT2D eigenvalue weighted by molar-refractivity contribution is -0.150. The lowest BCUT2D eigenvalue weighted by Gasteiger charge is -2.63. The fourth-order valence-electron chi connectivity index (χ4n) is 2.98. The molecule has 1 spiro atoms. The lowest BCUT2D eigenvalue weighted by atomic mass is 9.71. The largest absolute Gasteiger partial charge is 0.375 e. The molecule has 2 fully saturated rings. The summed E-state index contributed by atoms with van der Waals surface area (Å²) in [5.41, 5.74) is 0.970. The standard InChI is InChI=1S/C15H30N2O/c1-13(2,3)17-11-15(12-17)9-16(10-15)7-8-18-14(4,5)6/h7-12H2,1-6H3. The van der Waals surface area contributed by atoms with Gasteiger partial charge in [-0.15, -0.1) is 0 Å². The molecule has 0 aromatic rings. The van der Waals surface area contributed by atoms with E-state index in [-0.39, 0.29) is 5.60 Å². The van der Waals surface area contributed by atoms with Crippen LogP contribution in [-0.4, -0.2) is 60.3 Å². The Balaban J connectivity index is 1.61. The maximum atomic E-state index is 5.78. The van der Waals surface area contributed by atoms with Crippen LogP contribution < -0.4 is 0 Å². The van der Waals surface area contributed by atoms with Gasteiger partial charge in [0.1, 0.15) is 0 Å². The predicted molar refractivity (Wildman–Crippen MR) is 75.9 cm³/mol. The van der Waals surface area contributed by atoms with Crippen LogP contribution in [0.1, 0.15) is 41.5 Å². The first-order valence-electron chi connectivity index (χ1n) is 7.21. The molecule has 0 radical (unpaired) electrons. The summed E-state index contributed by atoms with van der Waals surface area (Å²) >= 11 is 0. The Morgan fingerprint density at radius 2 is 1.50 bits per heavy atom. The molecule has 0 N–H and O–H groups in total. The molecule has 2 aliphatic rings. The summed E-state index contributed by atoms with van der Waals surface area (Å²) in [6.07, 6.45) is 0. The Morgan fingerprint density at radius 3 is 1.94 bits per heavy atom. The van der Waals surface area contributed by atoms with Crippen molar-refractivity contribution in [3.05, 3.63) is 0 Å². The second-order valence-corrected chi connectivity index (χ2v) is 8.20. The highest BCUT2D eigenvalue weighted by Gasteiger charge is 2.53. The van der Waals surface area contributed by atoms with Gasteiger partial charge < -0.3 is 4.74 Å². The molecule has 0 unspecified atom stereocenters. The van der Waals surface area contributed by atoms with E-state index in [0.717, 1.165) is 13.2 Å². The number of nitrogens with zero attached hydrogens (tertiary/aromatic N) is 2. The molecule has 0 aliphatic carbocycles. The SMILES string of the molecule is CC(C)(C)OCCN1CC2(C1)CN(C(C)(C)C)C2. The Labute approximate surface area is 112 Å². The number of hydrogen-bond donors (Lipinski definition) is 0. The van der Waals surface area contributed by atoms with Gasteiger partial charge in [0, 0.05) is 43.7 Å². The zero-order valence-corrected chi connectivity index (χ0v) is 13.0. The van der Waals surface area contributed by atoms with E-state index in [1.165, 1.54) is 26.2 Å². The van der Waals surface area contributed by atoms with Crippen LogP contribution in [0.2, 0.25) is 0 Å². The summed E-state index contributed by atoms with van der Waals surface area (Å²) in [4.78, 5) is 5.13. The summed E-state index contributed by atoms with van der Waals surface area (Å²) in [7, 11) is 0. The zero-order chi connectivity index (χ0) is 13.6.